The Kier molecular flexibility index (Phi) is 4.58. The topological polar surface area (TPSA) is 35.5 Å². The van der Waals surface area contributed by atoms with Gasteiger partial charge in [0.05, 0.1) is 0 Å². The molecule has 3 nitrogen and oxygen atoms in total. The largest absolute Gasteiger partial charge is 0.435 e. The number of carbonyl (C=O) groups excluding carboxylic acids is 1. The fourth-order valence-corrected chi connectivity index (χ4v) is 0.394. The molecule has 58 valence electrons. The number of allylic oxidation sites excluding steroid dienone is 1. The summed E-state index contributed by atoms with van der Waals surface area (Å²) in [5, 5.41) is 0. The second-order valence-electron chi connectivity index (χ2n) is 2.09. The quantitative estimate of drug-likeness (QED) is 0.338. The smallest absolute Gasteiger partial charge is 0.332 e. The Balaban J connectivity index is 3.54. The number of hydrogen-bond donors (Lipinski definition) is 0. The molecule has 0 aliphatic heterocycles. The van der Waals surface area contributed by atoms with Crippen molar-refractivity contribution in [2.45, 2.75) is 13.8 Å². The number of rotatable bonds is 3. The minimum absolute atomic E-state index is 0.0165. The van der Waals surface area contributed by atoms with Crippen molar-refractivity contribution in [3.63, 3.8) is 0 Å². The van der Waals surface area contributed by atoms with Gasteiger partial charge in [0.15, 0.2) is 6.79 Å². The van der Waals surface area contributed by atoms with E-state index in [1.54, 1.807) is 0 Å². The Morgan fingerprint density at radius 1 is 1.50 bits per heavy atom. The minimum Gasteiger partial charge on any atom is -0.435 e. The second-order valence-corrected chi connectivity index (χ2v) is 2.09. The van der Waals surface area contributed by atoms with Crippen molar-refractivity contribution in [1.82, 2.24) is 0 Å². The first-order valence-corrected chi connectivity index (χ1v) is 2.97. The molecule has 0 heterocycles. The van der Waals surface area contributed by atoms with Gasteiger partial charge >= 0.3 is 5.97 Å². The zero-order valence-corrected chi connectivity index (χ0v) is 6.51. The van der Waals surface area contributed by atoms with E-state index in [1.807, 2.05) is 13.8 Å². The maximum atomic E-state index is 10.6. The van der Waals surface area contributed by atoms with Crippen LogP contribution in [0.5, 0.6) is 0 Å². The predicted octanol–water partition coefficient (Wildman–Crippen LogP) is 1.10. The van der Waals surface area contributed by atoms with Crippen molar-refractivity contribution in [2.75, 3.05) is 13.9 Å². The number of methoxy groups -OCH3 is 1. The van der Waals surface area contributed by atoms with Crippen molar-refractivity contribution in [1.29, 1.82) is 0 Å². The molecule has 0 saturated carbocycles. The number of esters is 1. The van der Waals surface area contributed by atoms with Gasteiger partial charge in [-0.15, -0.1) is 0 Å². The molecule has 0 rings (SSSR count). The van der Waals surface area contributed by atoms with Crippen LogP contribution >= 0.6 is 0 Å². The van der Waals surface area contributed by atoms with Crippen molar-refractivity contribution >= 4 is 5.97 Å². The fraction of sp³-hybridized carbons (Fsp3) is 0.571. The number of hydrogen-bond acceptors (Lipinski definition) is 3. The van der Waals surface area contributed by atoms with Crippen LogP contribution in [0.25, 0.3) is 0 Å². The average Bonchev–Trinajstić information content (AvgIpc) is 1.82. The third-order valence-corrected chi connectivity index (χ3v) is 0.726. The maximum absolute atomic E-state index is 10.6. The van der Waals surface area contributed by atoms with E-state index in [0.717, 1.165) is 5.57 Å². The minimum atomic E-state index is -0.359. The van der Waals surface area contributed by atoms with Gasteiger partial charge in [0.25, 0.3) is 0 Å². The SMILES string of the molecule is COCOC(=O)C=C(C)C. The Bertz CT molecular complexity index is 134. The summed E-state index contributed by atoms with van der Waals surface area (Å²) >= 11 is 0. The van der Waals surface area contributed by atoms with Gasteiger partial charge in [-0.05, 0) is 13.8 Å². The first-order valence-electron chi connectivity index (χ1n) is 2.97. The van der Waals surface area contributed by atoms with Crippen LogP contribution in [0.2, 0.25) is 0 Å². The van der Waals surface area contributed by atoms with Crippen molar-refractivity contribution in [2.24, 2.45) is 0 Å². The summed E-state index contributed by atoms with van der Waals surface area (Å²) in [6.45, 7) is 3.67. The highest BCUT2D eigenvalue weighted by atomic mass is 16.7. The van der Waals surface area contributed by atoms with Gasteiger partial charge in [-0.3, -0.25) is 0 Å². The van der Waals surface area contributed by atoms with Crippen LogP contribution in [0.1, 0.15) is 13.8 Å². The van der Waals surface area contributed by atoms with Gasteiger partial charge in [0.2, 0.25) is 0 Å². The summed E-state index contributed by atoms with van der Waals surface area (Å²) in [5.74, 6) is -0.359. The molecule has 0 spiro atoms. The van der Waals surface area contributed by atoms with Crippen LogP contribution in [-0.4, -0.2) is 19.9 Å². The summed E-state index contributed by atoms with van der Waals surface area (Å²) < 4.78 is 9.09. The molecule has 0 N–H and O–H groups in total. The zero-order chi connectivity index (χ0) is 7.98. The molecule has 0 aliphatic rings. The highest BCUT2D eigenvalue weighted by molar-refractivity contribution is 5.82. The van der Waals surface area contributed by atoms with E-state index in [-0.39, 0.29) is 12.8 Å². The lowest BCUT2D eigenvalue weighted by molar-refractivity contribution is -0.147. The second kappa shape index (κ2) is 4.99. The van der Waals surface area contributed by atoms with E-state index in [0.29, 0.717) is 0 Å². The molecule has 0 radical (unpaired) electrons. The standard InChI is InChI=1S/C7H12O3/c1-6(2)4-7(8)10-5-9-3/h4H,5H2,1-3H3. The molecule has 3 heteroatoms. The van der Waals surface area contributed by atoms with Crippen LogP contribution < -0.4 is 0 Å². The van der Waals surface area contributed by atoms with E-state index >= 15 is 0 Å². The number of carbonyl (C=O) groups is 1. The molecule has 10 heavy (non-hydrogen) atoms. The monoisotopic (exact) mass is 144 g/mol. The van der Waals surface area contributed by atoms with Crippen LogP contribution in [-0.2, 0) is 14.3 Å². The van der Waals surface area contributed by atoms with Crippen LogP contribution in [0.15, 0.2) is 11.6 Å². The summed E-state index contributed by atoms with van der Waals surface area (Å²) in [5.41, 5.74) is 0.918. The molecule has 0 aromatic heterocycles. The first-order chi connectivity index (χ1) is 4.66. The predicted molar refractivity (Wildman–Crippen MR) is 37.4 cm³/mol. The molecule has 0 aliphatic carbocycles. The lowest BCUT2D eigenvalue weighted by atomic mass is 10.3. The molecule has 0 amide bonds. The molecule has 0 bridgehead atoms. The molecule has 0 aromatic carbocycles. The van der Waals surface area contributed by atoms with Crippen molar-refractivity contribution in [3.05, 3.63) is 11.6 Å². The molecular weight excluding hydrogens is 132 g/mol. The van der Waals surface area contributed by atoms with Gasteiger partial charge in [0, 0.05) is 13.2 Å². The van der Waals surface area contributed by atoms with E-state index < -0.39 is 0 Å². The Labute approximate surface area is 60.6 Å². The molecule has 0 aromatic rings. The van der Waals surface area contributed by atoms with Gasteiger partial charge in [-0.1, -0.05) is 5.57 Å². The van der Waals surface area contributed by atoms with Crippen molar-refractivity contribution < 1.29 is 14.3 Å². The molecular formula is C7H12O3. The Hall–Kier alpha value is -0.830. The van der Waals surface area contributed by atoms with E-state index in [1.165, 1.54) is 13.2 Å². The fourth-order valence-electron chi connectivity index (χ4n) is 0.394. The summed E-state index contributed by atoms with van der Waals surface area (Å²) in [6, 6.07) is 0. The van der Waals surface area contributed by atoms with E-state index in [2.05, 4.69) is 9.47 Å². The van der Waals surface area contributed by atoms with Crippen LogP contribution in [0.4, 0.5) is 0 Å². The molecule has 0 atom stereocenters. The van der Waals surface area contributed by atoms with Gasteiger partial charge in [-0.25, -0.2) is 4.79 Å². The van der Waals surface area contributed by atoms with Crippen LogP contribution in [0.3, 0.4) is 0 Å². The lowest BCUT2D eigenvalue weighted by Gasteiger charge is -1.97. The van der Waals surface area contributed by atoms with Gasteiger partial charge in [-0.2, -0.15) is 0 Å². The van der Waals surface area contributed by atoms with Gasteiger partial charge < -0.3 is 9.47 Å². The summed E-state index contributed by atoms with van der Waals surface area (Å²) in [6.07, 6.45) is 1.42. The van der Waals surface area contributed by atoms with Crippen molar-refractivity contribution in [3.8, 4) is 0 Å². The molecule has 0 saturated heterocycles. The van der Waals surface area contributed by atoms with E-state index in [4.69, 9.17) is 0 Å². The highest BCUT2D eigenvalue weighted by Crippen LogP contribution is 1.90. The lowest BCUT2D eigenvalue weighted by Crippen LogP contribution is -2.03. The molecule has 0 unspecified atom stereocenters. The first kappa shape index (κ1) is 9.17. The van der Waals surface area contributed by atoms with Crippen LogP contribution in [0, 0.1) is 0 Å². The van der Waals surface area contributed by atoms with Gasteiger partial charge in [0.1, 0.15) is 0 Å². The summed E-state index contributed by atoms with van der Waals surface area (Å²) in [4.78, 5) is 10.6. The average molecular weight is 144 g/mol. The third kappa shape index (κ3) is 5.31. The Morgan fingerprint density at radius 2 is 2.10 bits per heavy atom. The Morgan fingerprint density at radius 3 is 2.50 bits per heavy atom. The maximum Gasteiger partial charge on any atom is 0.332 e. The summed E-state index contributed by atoms with van der Waals surface area (Å²) in [7, 11) is 1.47. The van der Waals surface area contributed by atoms with E-state index in [9.17, 15) is 4.79 Å². The highest BCUT2D eigenvalue weighted by Gasteiger charge is 1.94. The number of ether oxygens (including phenoxy) is 2. The molecule has 0 fully saturated rings. The normalized spacial score (nSPS) is 8.70. The third-order valence-electron chi connectivity index (χ3n) is 0.726. The zero-order valence-electron chi connectivity index (χ0n) is 6.51.